The van der Waals surface area contributed by atoms with Gasteiger partial charge in [-0.15, -0.1) is 0 Å². The molecule has 16 nitrogen and oxygen atoms in total. The minimum atomic E-state index is -1.19. The van der Waals surface area contributed by atoms with Crippen LogP contribution in [0.5, 0.6) is 0 Å². The molecule has 16 heteroatoms. The average molecular weight is 549 g/mol. The van der Waals surface area contributed by atoms with Crippen LogP contribution in [0.3, 0.4) is 0 Å². The highest BCUT2D eigenvalue weighted by molar-refractivity contribution is 5.73. The number of nitrogens with one attached hydrogen (secondary N) is 1. The predicted octanol–water partition coefficient (Wildman–Crippen LogP) is 0.0192. The molecule has 1 N–H and O–H groups in total. The van der Waals surface area contributed by atoms with Gasteiger partial charge < -0.3 is 43.2 Å². The Morgan fingerprint density at radius 3 is 1.89 bits per heavy atom. The van der Waals surface area contributed by atoms with Crippen molar-refractivity contribution in [2.24, 2.45) is 5.11 Å². The first-order chi connectivity index (χ1) is 18.1. The van der Waals surface area contributed by atoms with Gasteiger partial charge in [0.05, 0.1) is 46.2 Å². The zero-order valence-electron chi connectivity index (χ0n) is 22.0. The van der Waals surface area contributed by atoms with Crippen LogP contribution >= 0.6 is 0 Å². The maximum atomic E-state index is 11.9. The van der Waals surface area contributed by atoms with Crippen LogP contribution in [0.25, 0.3) is 10.4 Å². The Morgan fingerprint density at radius 2 is 1.37 bits per heavy atom. The van der Waals surface area contributed by atoms with E-state index in [-0.39, 0.29) is 33.0 Å². The van der Waals surface area contributed by atoms with Gasteiger partial charge in [0, 0.05) is 39.2 Å². The summed E-state index contributed by atoms with van der Waals surface area (Å²) >= 11 is 0. The normalized spacial score (nSPS) is 22.6. The van der Waals surface area contributed by atoms with E-state index in [1.54, 1.807) is 0 Å². The summed E-state index contributed by atoms with van der Waals surface area (Å²) in [5.41, 5.74) is 8.16. The summed E-state index contributed by atoms with van der Waals surface area (Å²) in [5.74, 6) is -2.46. The molecule has 0 bridgehead atoms. The molecule has 1 aliphatic rings. The highest BCUT2D eigenvalue weighted by atomic mass is 16.7. The number of nitrogens with zero attached hydrogens (tertiary/aromatic N) is 3. The van der Waals surface area contributed by atoms with Gasteiger partial charge in [0.2, 0.25) is 5.91 Å². The molecule has 0 saturated carbocycles. The van der Waals surface area contributed by atoms with E-state index >= 15 is 0 Å². The van der Waals surface area contributed by atoms with E-state index in [9.17, 15) is 19.2 Å². The van der Waals surface area contributed by atoms with Crippen molar-refractivity contribution in [2.75, 3.05) is 59.4 Å². The van der Waals surface area contributed by atoms with Crippen LogP contribution < -0.4 is 5.32 Å². The van der Waals surface area contributed by atoms with Crippen molar-refractivity contribution in [2.45, 2.75) is 58.3 Å². The lowest BCUT2D eigenvalue weighted by atomic mass is 9.96. The molecule has 0 spiro atoms. The van der Waals surface area contributed by atoms with Crippen LogP contribution in [-0.4, -0.2) is 114 Å². The van der Waals surface area contributed by atoms with E-state index in [2.05, 4.69) is 15.3 Å². The molecule has 1 rings (SSSR count). The Kier molecular flexibility index (Phi) is 16.6. The zero-order valence-corrected chi connectivity index (χ0v) is 22.0. The molecule has 0 aliphatic carbocycles. The Bertz CT molecular complexity index is 807. The van der Waals surface area contributed by atoms with Crippen LogP contribution in [0.15, 0.2) is 5.11 Å². The first-order valence-electron chi connectivity index (χ1n) is 11.9. The van der Waals surface area contributed by atoms with Crippen molar-refractivity contribution in [1.29, 1.82) is 0 Å². The van der Waals surface area contributed by atoms with Gasteiger partial charge in [-0.3, -0.25) is 19.2 Å². The summed E-state index contributed by atoms with van der Waals surface area (Å²) in [6.07, 6.45) is -4.59. The van der Waals surface area contributed by atoms with Crippen molar-refractivity contribution in [3.8, 4) is 0 Å². The third-order valence-corrected chi connectivity index (χ3v) is 4.72. The molecule has 0 radical (unpaired) electrons. The molecule has 38 heavy (non-hydrogen) atoms. The molecule has 5 atom stereocenters. The molecule has 1 amide bonds. The summed E-state index contributed by atoms with van der Waals surface area (Å²) < 4.78 is 43.4. The van der Waals surface area contributed by atoms with Crippen LogP contribution in [0.2, 0.25) is 0 Å². The van der Waals surface area contributed by atoms with Gasteiger partial charge in [-0.1, -0.05) is 5.11 Å². The van der Waals surface area contributed by atoms with Crippen LogP contribution in [0.4, 0.5) is 0 Å². The molecule has 1 fully saturated rings. The maximum Gasteiger partial charge on any atom is 0.303 e. The minimum absolute atomic E-state index is 0.0224. The zero-order chi connectivity index (χ0) is 28.3. The summed E-state index contributed by atoms with van der Waals surface area (Å²) in [4.78, 5) is 49.5. The van der Waals surface area contributed by atoms with Gasteiger partial charge in [-0.2, -0.15) is 0 Å². The average Bonchev–Trinajstić information content (AvgIpc) is 2.83. The Labute approximate surface area is 220 Å². The standard InChI is InChI=1S/C22H36N4O12/c1-14(27)25-19-21(37-17(4)30)20(36-16(3)29)18(13-35-15(2)28)38-22(19)34-12-11-33-10-9-32-8-7-31-6-5-24-26-23/h18-22H,5-13H2,1-4H3,(H,25,27)/t18-,19-,20+,21-,22-/m1/s1. The molecule has 1 heterocycles. The van der Waals surface area contributed by atoms with Crippen molar-refractivity contribution in [3.63, 3.8) is 0 Å². The number of ether oxygens (including phenoxy) is 8. The Hall–Kier alpha value is -3.01. The Morgan fingerprint density at radius 1 is 0.816 bits per heavy atom. The van der Waals surface area contributed by atoms with Gasteiger partial charge in [-0.25, -0.2) is 0 Å². The number of rotatable bonds is 18. The fourth-order valence-electron chi connectivity index (χ4n) is 3.35. The lowest BCUT2D eigenvalue weighted by molar-refractivity contribution is -0.279. The fraction of sp³-hybridized carbons (Fsp3) is 0.818. The van der Waals surface area contributed by atoms with Crippen molar-refractivity contribution >= 4 is 23.8 Å². The predicted molar refractivity (Wildman–Crippen MR) is 126 cm³/mol. The maximum absolute atomic E-state index is 11.9. The molecule has 0 aromatic rings. The van der Waals surface area contributed by atoms with E-state index in [1.165, 1.54) is 13.8 Å². The number of hydrogen-bond acceptors (Lipinski definition) is 13. The number of hydrogen-bond donors (Lipinski definition) is 1. The highest BCUT2D eigenvalue weighted by Gasteiger charge is 2.51. The third-order valence-electron chi connectivity index (χ3n) is 4.72. The first-order valence-corrected chi connectivity index (χ1v) is 11.9. The van der Waals surface area contributed by atoms with Crippen LogP contribution in [0.1, 0.15) is 27.7 Å². The summed E-state index contributed by atoms with van der Waals surface area (Å²) in [5, 5.41) is 5.96. The van der Waals surface area contributed by atoms with E-state index in [4.69, 9.17) is 43.4 Å². The SMILES string of the molecule is CC(=O)N[C@H]1[C@H](OCCOCCOCCOCCN=[N+]=[N-])O[C@H](COC(C)=O)[C@H](OC(C)=O)[C@@H]1OC(C)=O. The lowest BCUT2D eigenvalue weighted by Crippen LogP contribution is -2.66. The second-order valence-corrected chi connectivity index (χ2v) is 7.88. The summed E-state index contributed by atoms with van der Waals surface area (Å²) in [6.45, 7) is 6.43. The molecule has 0 aromatic carbocycles. The molecular formula is C22H36N4O12. The molecule has 0 aromatic heterocycles. The van der Waals surface area contributed by atoms with Crippen LogP contribution in [-0.2, 0) is 57.1 Å². The quantitative estimate of drug-likeness (QED) is 0.0601. The number of carbonyl (C=O) groups is 4. The van der Waals surface area contributed by atoms with Crippen LogP contribution in [0, 0.1) is 0 Å². The highest BCUT2D eigenvalue weighted by Crippen LogP contribution is 2.28. The third kappa shape index (κ3) is 14.1. The first kappa shape index (κ1) is 33.0. The van der Waals surface area contributed by atoms with Gasteiger partial charge >= 0.3 is 17.9 Å². The Balaban J connectivity index is 2.67. The second kappa shape index (κ2) is 19.1. The summed E-state index contributed by atoms with van der Waals surface area (Å²) in [7, 11) is 0. The molecule has 0 unspecified atom stereocenters. The van der Waals surface area contributed by atoms with Crippen molar-refractivity contribution in [1.82, 2.24) is 5.32 Å². The second-order valence-electron chi connectivity index (χ2n) is 7.88. The number of amides is 1. The monoisotopic (exact) mass is 548 g/mol. The largest absolute Gasteiger partial charge is 0.463 e. The number of azide groups is 1. The van der Waals surface area contributed by atoms with Gasteiger partial charge in [0.25, 0.3) is 0 Å². The molecule has 216 valence electrons. The van der Waals surface area contributed by atoms with Gasteiger partial charge in [0.1, 0.15) is 18.8 Å². The number of esters is 3. The van der Waals surface area contributed by atoms with Gasteiger partial charge in [0.15, 0.2) is 18.5 Å². The van der Waals surface area contributed by atoms with Crippen molar-refractivity contribution in [3.05, 3.63) is 10.4 Å². The summed E-state index contributed by atoms with van der Waals surface area (Å²) in [6, 6.07) is -1.04. The molecular weight excluding hydrogens is 512 g/mol. The topological polar surface area (TPSA) is 203 Å². The van der Waals surface area contributed by atoms with E-state index in [0.29, 0.717) is 26.4 Å². The van der Waals surface area contributed by atoms with E-state index < -0.39 is 54.5 Å². The van der Waals surface area contributed by atoms with E-state index in [1.807, 2.05) is 0 Å². The number of carbonyl (C=O) groups excluding carboxylic acids is 4. The molecule has 1 saturated heterocycles. The van der Waals surface area contributed by atoms with Gasteiger partial charge in [-0.05, 0) is 5.53 Å². The lowest BCUT2D eigenvalue weighted by Gasteiger charge is -2.44. The fourth-order valence-corrected chi connectivity index (χ4v) is 3.35. The van der Waals surface area contributed by atoms with E-state index in [0.717, 1.165) is 13.8 Å². The molecule has 1 aliphatic heterocycles. The van der Waals surface area contributed by atoms with Crippen molar-refractivity contribution < 1.29 is 57.1 Å². The minimum Gasteiger partial charge on any atom is -0.463 e. The smallest absolute Gasteiger partial charge is 0.303 e.